The van der Waals surface area contributed by atoms with Crippen molar-refractivity contribution >= 4 is 51.9 Å². The maximum Gasteiger partial charge on any atom is 0.212 e. The van der Waals surface area contributed by atoms with E-state index in [-0.39, 0.29) is 5.78 Å². The van der Waals surface area contributed by atoms with Gasteiger partial charge in [-0.2, -0.15) is 4.37 Å². The molecule has 0 bridgehead atoms. The molecule has 3 aromatic carbocycles. The van der Waals surface area contributed by atoms with Gasteiger partial charge >= 0.3 is 0 Å². The van der Waals surface area contributed by atoms with E-state index >= 15 is 0 Å². The number of aromatic nitrogens is 1. The number of nitrogens with zero attached hydrogens (tertiary/aromatic N) is 1. The molecule has 0 saturated carbocycles. The van der Waals surface area contributed by atoms with Gasteiger partial charge in [0.15, 0.2) is 0 Å². The van der Waals surface area contributed by atoms with Crippen molar-refractivity contribution in [2.24, 2.45) is 0 Å². The van der Waals surface area contributed by atoms with Crippen LogP contribution < -0.4 is 5.32 Å². The summed E-state index contributed by atoms with van der Waals surface area (Å²) in [4.78, 5) is 12.6. The number of ketones is 1. The molecular weight excluding hydrogens is 411 g/mol. The SMILES string of the molecule is O=C(c1cc(Cl)cc(Nc2cccc(-c3ccccc3)c2Cl)c1)c1ccsn1. The van der Waals surface area contributed by atoms with Crippen LogP contribution in [0, 0.1) is 0 Å². The second-order valence-electron chi connectivity index (χ2n) is 6.10. The lowest BCUT2D eigenvalue weighted by Gasteiger charge is -2.13. The fourth-order valence-corrected chi connectivity index (χ4v) is 3.92. The number of anilines is 2. The van der Waals surface area contributed by atoms with Crippen LogP contribution in [-0.2, 0) is 0 Å². The Bertz CT molecular complexity index is 1130. The fourth-order valence-electron chi connectivity index (χ4n) is 2.90. The molecule has 0 saturated heterocycles. The summed E-state index contributed by atoms with van der Waals surface area (Å²) in [5.74, 6) is -0.170. The van der Waals surface area contributed by atoms with Gasteiger partial charge in [0.1, 0.15) is 5.69 Å². The standard InChI is InChI=1S/C22H14Cl2N2OS/c23-16-11-15(22(27)20-9-10-28-26-20)12-17(13-16)25-19-8-4-7-18(21(19)24)14-5-2-1-3-6-14/h1-13,25H. The predicted octanol–water partition coefficient (Wildman–Crippen LogP) is 7.09. The smallest absolute Gasteiger partial charge is 0.212 e. The van der Waals surface area contributed by atoms with Gasteiger partial charge in [-0.25, -0.2) is 0 Å². The Morgan fingerprint density at radius 3 is 2.50 bits per heavy atom. The molecule has 0 amide bonds. The summed E-state index contributed by atoms with van der Waals surface area (Å²) >= 11 is 14.1. The zero-order valence-corrected chi connectivity index (χ0v) is 16.9. The van der Waals surface area contributed by atoms with Crippen LogP contribution in [0.3, 0.4) is 0 Å². The van der Waals surface area contributed by atoms with Crippen molar-refractivity contribution in [3.05, 3.63) is 99.5 Å². The topological polar surface area (TPSA) is 42.0 Å². The summed E-state index contributed by atoms with van der Waals surface area (Å²) in [7, 11) is 0. The van der Waals surface area contributed by atoms with E-state index in [4.69, 9.17) is 23.2 Å². The molecule has 0 aliphatic carbocycles. The number of carbonyl (C=O) groups is 1. The van der Waals surface area contributed by atoms with Crippen molar-refractivity contribution in [1.82, 2.24) is 4.37 Å². The minimum absolute atomic E-state index is 0.170. The third kappa shape index (κ3) is 3.94. The molecule has 0 radical (unpaired) electrons. The zero-order chi connectivity index (χ0) is 19.5. The second-order valence-corrected chi connectivity index (χ2v) is 7.58. The quantitative estimate of drug-likeness (QED) is 0.347. The van der Waals surface area contributed by atoms with E-state index in [1.54, 1.807) is 29.6 Å². The Morgan fingerprint density at radius 2 is 1.75 bits per heavy atom. The molecule has 3 nitrogen and oxygen atoms in total. The van der Waals surface area contributed by atoms with Crippen molar-refractivity contribution < 1.29 is 4.79 Å². The summed E-state index contributed by atoms with van der Waals surface area (Å²) in [6.45, 7) is 0. The highest BCUT2D eigenvalue weighted by atomic mass is 35.5. The van der Waals surface area contributed by atoms with Crippen LogP contribution in [0.5, 0.6) is 0 Å². The van der Waals surface area contributed by atoms with Crippen LogP contribution in [0.15, 0.2) is 78.2 Å². The molecule has 1 aromatic heterocycles. The van der Waals surface area contributed by atoms with Crippen LogP contribution in [0.4, 0.5) is 11.4 Å². The minimum Gasteiger partial charge on any atom is -0.354 e. The first-order valence-electron chi connectivity index (χ1n) is 8.48. The first-order chi connectivity index (χ1) is 13.6. The molecule has 4 aromatic rings. The van der Waals surface area contributed by atoms with Gasteiger partial charge in [0, 0.05) is 27.2 Å². The monoisotopic (exact) mass is 424 g/mol. The summed E-state index contributed by atoms with van der Waals surface area (Å²) in [6, 6.07) is 22.5. The lowest BCUT2D eigenvalue weighted by atomic mass is 10.0. The van der Waals surface area contributed by atoms with Gasteiger partial charge in [0.25, 0.3) is 0 Å². The van der Waals surface area contributed by atoms with E-state index in [9.17, 15) is 4.79 Å². The van der Waals surface area contributed by atoms with Crippen molar-refractivity contribution in [2.75, 3.05) is 5.32 Å². The summed E-state index contributed by atoms with van der Waals surface area (Å²) in [5.41, 5.74) is 4.24. The number of hydrogen-bond donors (Lipinski definition) is 1. The van der Waals surface area contributed by atoms with E-state index in [2.05, 4.69) is 9.69 Å². The molecule has 0 aliphatic rings. The van der Waals surface area contributed by atoms with Gasteiger partial charge in [0.05, 0.1) is 10.7 Å². The van der Waals surface area contributed by atoms with Crippen molar-refractivity contribution in [3.63, 3.8) is 0 Å². The Labute approximate surface area is 176 Å². The van der Waals surface area contributed by atoms with Gasteiger partial charge in [-0.15, -0.1) is 0 Å². The number of nitrogens with one attached hydrogen (secondary N) is 1. The maximum absolute atomic E-state index is 12.6. The average Bonchev–Trinajstić information content (AvgIpc) is 3.24. The van der Waals surface area contributed by atoms with Crippen LogP contribution >= 0.6 is 34.7 Å². The zero-order valence-electron chi connectivity index (χ0n) is 14.5. The third-order valence-electron chi connectivity index (χ3n) is 4.19. The van der Waals surface area contributed by atoms with Crippen molar-refractivity contribution in [2.45, 2.75) is 0 Å². The van der Waals surface area contributed by atoms with Crippen molar-refractivity contribution in [1.29, 1.82) is 0 Å². The lowest BCUT2D eigenvalue weighted by molar-refractivity contribution is 0.103. The first kappa shape index (κ1) is 18.7. The highest BCUT2D eigenvalue weighted by molar-refractivity contribution is 7.03. The first-order valence-corrected chi connectivity index (χ1v) is 10.1. The number of halogens is 2. The van der Waals surface area contributed by atoms with Gasteiger partial charge in [-0.3, -0.25) is 4.79 Å². The van der Waals surface area contributed by atoms with Crippen LogP contribution in [0.2, 0.25) is 10.0 Å². The highest BCUT2D eigenvalue weighted by Gasteiger charge is 2.14. The van der Waals surface area contributed by atoms with Gasteiger partial charge in [-0.05, 0) is 47.4 Å². The van der Waals surface area contributed by atoms with E-state index in [0.29, 0.717) is 27.0 Å². The molecule has 6 heteroatoms. The molecule has 0 fully saturated rings. The normalized spacial score (nSPS) is 10.6. The molecule has 0 spiro atoms. The second kappa shape index (κ2) is 8.15. The average molecular weight is 425 g/mol. The van der Waals surface area contributed by atoms with Crippen LogP contribution in [-0.4, -0.2) is 10.2 Å². The molecular formula is C22H14Cl2N2OS. The largest absolute Gasteiger partial charge is 0.354 e. The molecule has 0 aliphatic heterocycles. The summed E-state index contributed by atoms with van der Waals surface area (Å²) in [6.07, 6.45) is 0. The van der Waals surface area contributed by atoms with Crippen LogP contribution in [0.25, 0.3) is 11.1 Å². The predicted molar refractivity (Wildman–Crippen MR) is 117 cm³/mol. The summed E-state index contributed by atoms with van der Waals surface area (Å²) < 4.78 is 4.10. The van der Waals surface area contributed by atoms with E-state index in [0.717, 1.165) is 16.8 Å². The van der Waals surface area contributed by atoms with E-state index < -0.39 is 0 Å². The maximum atomic E-state index is 12.6. The Morgan fingerprint density at radius 1 is 0.929 bits per heavy atom. The third-order valence-corrected chi connectivity index (χ3v) is 5.38. The summed E-state index contributed by atoms with van der Waals surface area (Å²) in [5, 5.41) is 6.10. The van der Waals surface area contributed by atoms with E-state index in [1.165, 1.54) is 11.5 Å². The Kier molecular flexibility index (Phi) is 5.44. The lowest BCUT2D eigenvalue weighted by Crippen LogP contribution is -2.02. The molecule has 28 heavy (non-hydrogen) atoms. The molecule has 1 heterocycles. The van der Waals surface area contributed by atoms with Crippen molar-refractivity contribution in [3.8, 4) is 11.1 Å². The number of carbonyl (C=O) groups excluding carboxylic acids is 1. The Hall–Kier alpha value is -2.66. The molecule has 1 N–H and O–H groups in total. The molecule has 4 rings (SSSR count). The minimum atomic E-state index is -0.170. The van der Waals surface area contributed by atoms with Gasteiger partial charge in [0.2, 0.25) is 5.78 Å². The van der Waals surface area contributed by atoms with Gasteiger partial charge < -0.3 is 5.32 Å². The number of benzene rings is 3. The van der Waals surface area contributed by atoms with Crippen LogP contribution in [0.1, 0.15) is 16.1 Å². The fraction of sp³-hybridized carbons (Fsp3) is 0. The molecule has 0 unspecified atom stereocenters. The number of hydrogen-bond acceptors (Lipinski definition) is 4. The van der Waals surface area contributed by atoms with Gasteiger partial charge in [-0.1, -0.05) is 65.7 Å². The highest BCUT2D eigenvalue weighted by Crippen LogP contribution is 2.35. The molecule has 0 atom stereocenters. The van der Waals surface area contributed by atoms with E-state index in [1.807, 2.05) is 48.5 Å². The Balaban J connectivity index is 1.68. The molecule has 138 valence electrons. The number of rotatable bonds is 5.